The van der Waals surface area contributed by atoms with Crippen LogP contribution >= 0.6 is 11.6 Å². The second-order valence-electron chi connectivity index (χ2n) is 7.45. The lowest BCUT2D eigenvalue weighted by Gasteiger charge is -2.08. The van der Waals surface area contributed by atoms with Gasteiger partial charge >= 0.3 is 0 Å². The standard InChI is InChI=1S/C25H23ClN4O/c1-4-18-9-11-21(12-10-18)27-25(31)23-28-24(19-6-5-7-20(26)15-19)30(29-23)22-13-8-16(2)17(3)14-22/h5-15H,4H2,1-3H3,(H,27,31). The molecule has 0 radical (unpaired) electrons. The lowest BCUT2D eigenvalue weighted by atomic mass is 10.1. The summed E-state index contributed by atoms with van der Waals surface area (Å²) in [5, 5.41) is 8.01. The first-order valence-electron chi connectivity index (χ1n) is 10.2. The predicted molar refractivity (Wildman–Crippen MR) is 125 cm³/mol. The molecule has 3 aromatic carbocycles. The highest BCUT2D eigenvalue weighted by Crippen LogP contribution is 2.25. The van der Waals surface area contributed by atoms with E-state index in [0.29, 0.717) is 16.5 Å². The van der Waals surface area contributed by atoms with E-state index in [4.69, 9.17) is 11.6 Å². The van der Waals surface area contributed by atoms with Gasteiger partial charge in [0.1, 0.15) is 0 Å². The third kappa shape index (κ3) is 4.52. The molecule has 0 atom stereocenters. The smallest absolute Gasteiger partial charge is 0.295 e. The Labute approximate surface area is 186 Å². The number of nitrogens with one attached hydrogen (secondary N) is 1. The third-order valence-electron chi connectivity index (χ3n) is 5.25. The Balaban J connectivity index is 1.74. The SMILES string of the molecule is CCc1ccc(NC(=O)c2nc(-c3cccc(Cl)c3)n(-c3ccc(C)c(C)c3)n2)cc1. The maximum Gasteiger partial charge on any atom is 0.295 e. The number of hydrogen-bond donors (Lipinski definition) is 1. The van der Waals surface area contributed by atoms with E-state index < -0.39 is 0 Å². The monoisotopic (exact) mass is 430 g/mol. The van der Waals surface area contributed by atoms with Crippen molar-refractivity contribution in [1.29, 1.82) is 0 Å². The molecule has 0 unspecified atom stereocenters. The number of aryl methyl sites for hydroxylation is 3. The molecule has 0 saturated heterocycles. The first kappa shape index (κ1) is 20.8. The van der Waals surface area contributed by atoms with Gasteiger partial charge in [0.15, 0.2) is 5.82 Å². The van der Waals surface area contributed by atoms with E-state index in [1.165, 1.54) is 11.1 Å². The number of nitrogens with zero attached hydrogens (tertiary/aromatic N) is 3. The zero-order valence-electron chi connectivity index (χ0n) is 17.7. The fourth-order valence-electron chi connectivity index (χ4n) is 3.27. The fraction of sp³-hybridized carbons (Fsp3) is 0.160. The van der Waals surface area contributed by atoms with Gasteiger partial charge in [0.25, 0.3) is 5.91 Å². The van der Waals surface area contributed by atoms with Gasteiger partial charge < -0.3 is 5.32 Å². The molecule has 156 valence electrons. The minimum Gasteiger partial charge on any atom is -0.319 e. The summed E-state index contributed by atoms with van der Waals surface area (Å²) in [6.45, 7) is 6.19. The van der Waals surface area contributed by atoms with Gasteiger partial charge in [0, 0.05) is 16.3 Å². The fourth-order valence-corrected chi connectivity index (χ4v) is 3.46. The quantitative estimate of drug-likeness (QED) is 0.421. The average molecular weight is 431 g/mol. The molecular weight excluding hydrogens is 408 g/mol. The number of halogens is 1. The number of rotatable bonds is 5. The van der Waals surface area contributed by atoms with Crippen LogP contribution in [0.5, 0.6) is 0 Å². The van der Waals surface area contributed by atoms with Crippen molar-refractivity contribution >= 4 is 23.2 Å². The van der Waals surface area contributed by atoms with E-state index in [1.54, 1.807) is 10.7 Å². The van der Waals surface area contributed by atoms with Crippen LogP contribution in [-0.2, 0) is 6.42 Å². The van der Waals surface area contributed by atoms with Crippen LogP contribution in [-0.4, -0.2) is 20.7 Å². The van der Waals surface area contributed by atoms with Gasteiger partial charge in [0.05, 0.1) is 5.69 Å². The van der Waals surface area contributed by atoms with Crippen LogP contribution in [0.25, 0.3) is 17.1 Å². The van der Waals surface area contributed by atoms with Gasteiger partial charge in [-0.15, -0.1) is 5.10 Å². The van der Waals surface area contributed by atoms with Crippen molar-refractivity contribution in [1.82, 2.24) is 14.8 Å². The Morgan fingerprint density at radius 1 is 1.00 bits per heavy atom. The molecule has 4 aromatic rings. The third-order valence-corrected chi connectivity index (χ3v) is 5.48. The molecule has 0 aliphatic heterocycles. The van der Waals surface area contributed by atoms with Crippen LogP contribution < -0.4 is 5.32 Å². The highest BCUT2D eigenvalue weighted by atomic mass is 35.5. The topological polar surface area (TPSA) is 59.8 Å². The normalized spacial score (nSPS) is 10.8. The molecule has 5 nitrogen and oxygen atoms in total. The number of carbonyl (C=O) groups is 1. The highest BCUT2D eigenvalue weighted by Gasteiger charge is 2.19. The van der Waals surface area contributed by atoms with Crippen molar-refractivity contribution in [2.75, 3.05) is 5.32 Å². The largest absolute Gasteiger partial charge is 0.319 e. The summed E-state index contributed by atoms with van der Waals surface area (Å²) in [4.78, 5) is 17.5. The average Bonchev–Trinajstić information content (AvgIpc) is 3.22. The molecule has 1 aromatic heterocycles. The van der Waals surface area contributed by atoms with Crippen LogP contribution in [0.1, 0.15) is 34.2 Å². The first-order chi connectivity index (χ1) is 14.9. The molecule has 1 amide bonds. The first-order valence-corrected chi connectivity index (χ1v) is 10.5. The van der Waals surface area contributed by atoms with Gasteiger partial charge in [0.2, 0.25) is 5.82 Å². The number of aromatic nitrogens is 3. The number of carbonyl (C=O) groups excluding carboxylic acids is 1. The van der Waals surface area contributed by atoms with Crippen molar-refractivity contribution in [3.05, 3.63) is 94.3 Å². The van der Waals surface area contributed by atoms with Crippen molar-refractivity contribution in [3.8, 4) is 17.1 Å². The number of hydrogen-bond acceptors (Lipinski definition) is 3. The summed E-state index contributed by atoms with van der Waals surface area (Å²) in [6.07, 6.45) is 0.944. The van der Waals surface area contributed by atoms with E-state index in [9.17, 15) is 4.79 Å². The van der Waals surface area contributed by atoms with E-state index in [-0.39, 0.29) is 11.7 Å². The Morgan fingerprint density at radius 2 is 1.77 bits per heavy atom. The Bertz CT molecular complexity index is 1240. The summed E-state index contributed by atoms with van der Waals surface area (Å²) in [6, 6.07) is 21.2. The van der Waals surface area contributed by atoms with Crippen molar-refractivity contribution in [3.63, 3.8) is 0 Å². The van der Waals surface area contributed by atoms with Crippen LogP contribution in [0, 0.1) is 13.8 Å². The second-order valence-corrected chi connectivity index (χ2v) is 7.89. The number of anilines is 1. The van der Waals surface area contributed by atoms with Crippen molar-refractivity contribution < 1.29 is 4.79 Å². The molecule has 1 heterocycles. The zero-order valence-corrected chi connectivity index (χ0v) is 18.4. The van der Waals surface area contributed by atoms with E-state index in [1.807, 2.05) is 67.6 Å². The lowest BCUT2D eigenvalue weighted by Crippen LogP contribution is -2.14. The molecule has 0 bridgehead atoms. The van der Waals surface area contributed by atoms with Crippen LogP contribution in [0.15, 0.2) is 66.7 Å². The van der Waals surface area contributed by atoms with Gasteiger partial charge in [-0.3, -0.25) is 4.79 Å². The summed E-state index contributed by atoms with van der Waals surface area (Å²) < 4.78 is 1.69. The second kappa shape index (κ2) is 8.74. The van der Waals surface area contributed by atoms with Gasteiger partial charge in [-0.05, 0) is 73.4 Å². The molecule has 4 rings (SSSR count). The van der Waals surface area contributed by atoms with Gasteiger partial charge in [-0.2, -0.15) is 0 Å². The number of benzene rings is 3. The molecule has 0 saturated carbocycles. The highest BCUT2D eigenvalue weighted by molar-refractivity contribution is 6.30. The maximum atomic E-state index is 12.9. The van der Waals surface area contributed by atoms with Crippen LogP contribution in [0.3, 0.4) is 0 Å². The van der Waals surface area contributed by atoms with E-state index in [2.05, 4.69) is 29.2 Å². The number of amides is 1. The molecular formula is C25H23ClN4O. The summed E-state index contributed by atoms with van der Waals surface area (Å²) >= 11 is 6.20. The Kier molecular flexibility index (Phi) is 5.87. The predicted octanol–water partition coefficient (Wildman–Crippen LogP) is 6.02. The van der Waals surface area contributed by atoms with Gasteiger partial charge in [-0.25, -0.2) is 9.67 Å². The molecule has 0 fully saturated rings. The molecule has 0 aliphatic carbocycles. The summed E-state index contributed by atoms with van der Waals surface area (Å²) in [5.41, 5.74) is 5.84. The Morgan fingerprint density at radius 3 is 2.45 bits per heavy atom. The van der Waals surface area contributed by atoms with Crippen molar-refractivity contribution in [2.24, 2.45) is 0 Å². The van der Waals surface area contributed by atoms with Crippen LogP contribution in [0.4, 0.5) is 5.69 Å². The van der Waals surface area contributed by atoms with Crippen LogP contribution in [0.2, 0.25) is 5.02 Å². The lowest BCUT2D eigenvalue weighted by molar-refractivity contribution is 0.101. The molecule has 1 N–H and O–H groups in total. The minimum atomic E-state index is -0.366. The summed E-state index contributed by atoms with van der Waals surface area (Å²) in [5.74, 6) is 0.278. The van der Waals surface area contributed by atoms with Crippen molar-refractivity contribution in [2.45, 2.75) is 27.2 Å². The minimum absolute atomic E-state index is 0.0905. The summed E-state index contributed by atoms with van der Waals surface area (Å²) in [7, 11) is 0. The van der Waals surface area contributed by atoms with Gasteiger partial charge in [-0.1, -0.05) is 48.9 Å². The van der Waals surface area contributed by atoms with E-state index in [0.717, 1.165) is 23.2 Å². The molecule has 0 aliphatic rings. The Hall–Kier alpha value is -3.44. The zero-order chi connectivity index (χ0) is 22.0. The van der Waals surface area contributed by atoms with E-state index >= 15 is 0 Å². The molecule has 31 heavy (non-hydrogen) atoms. The molecule has 0 spiro atoms. The maximum absolute atomic E-state index is 12.9. The molecule has 6 heteroatoms.